The van der Waals surface area contributed by atoms with E-state index in [0.29, 0.717) is 11.1 Å². The molecule has 2 unspecified atom stereocenters. The second-order valence-corrected chi connectivity index (χ2v) is 6.91. The Morgan fingerprint density at radius 1 is 1.42 bits per heavy atom. The lowest BCUT2D eigenvalue weighted by atomic mass is 9.99. The molecule has 0 bridgehead atoms. The van der Waals surface area contributed by atoms with Gasteiger partial charge in [-0.15, -0.1) is 12.4 Å². The summed E-state index contributed by atoms with van der Waals surface area (Å²) in [4.78, 5) is 24.9. The van der Waals surface area contributed by atoms with Crippen LogP contribution in [-0.2, 0) is 0 Å². The molecule has 1 fully saturated rings. The molecule has 0 saturated carbocycles. The summed E-state index contributed by atoms with van der Waals surface area (Å²) in [6.07, 6.45) is 1.91. The largest absolute Gasteiger partial charge is 0.422 e. The highest BCUT2D eigenvalue weighted by Gasteiger charge is 2.26. The van der Waals surface area contributed by atoms with Crippen molar-refractivity contribution in [3.63, 3.8) is 0 Å². The van der Waals surface area contributed by atoms with Gasteiger partial charge in [-0.05, 0) is 57.0 Å². The fraction of sp³-hybridized carbons (Fsp3) is 0.412. The molecule has 2 N–H and O–H groups in total. The van der Waals surface area contributed by atoms with Crippen molar-refractivity contribution in [3.05, 3.63) is 44.2 Å². The van der Waals surface area contributed by atoms with Gasteiger partial charge in [0.2, 0.25) is 0 Å². The Bertz CT molecular complexity index is 821. The van der Waals surface area contributed by atoms with Crippen molar-refractivity contribution in [2.24, 2.45) is 0 Å². The highest BCUT2D eigenvalue weighted by molar-refractivity contribution is 9.10. The Hall–Kier alpha value is -1.37. The number of rotatable bonds is 2. The summed E-state index contributed by atoms with van der Waals surface area (Å²) in [6.45, 7) is 4.78. The molecule has 1 aliphatic heterocycles. The Morgan fingerprint density at radius 3 is 2.88 bits per heavy atom. The maximum atomic E-state index is 12.6. The molecule has 1 aromatic heterocycles. The van der Waals surface area contributed by atoms with E-state index in [2.05, 4.69) is 26.6 Å². The van der Waals surface area contributed by atoms with Gasteiger partial charge in [-0.25, -0.2) is 4.79 Å². The number of nitrogens with one attached hydrogen (secondary N) is 2. The Balaban J connectivity index is 0.00000208. The number of carbonyl (C=O) groups is 1. The second-order valence-electron chi connectivity index (χ2n) is 5.99. The molecule has 1 saturated heterocycles. The van der Waals surface area contributed by atoms with Gasteiger partial charge >= 0.3 is 5.63 Å². The normalized spacial score (nSPS) is 20.5. The number of carbonyl (C=O) groups excluding carboxylic acids is 1. The van der Waals surface area contributed by atoms with E-state index >= 15 is 0 Å². The molecule has 2 atom stereocenters. The number of aryl methyl sites for hydroxylation is 1. The number of hydrogen-bond donors (Lipinski definition) is 2. The van der Waals surface area contributed by atoms with Gasteiger partial charge in [-0.2, -0.15) is 0 Å². The first kappa shape index (κ1) is 19.0. The van der Waals surface area contributed by atoms with Crippen molar-refractivity contribution in [1.82, 2.24) is 10.6 Å². The third kappa shape index (κ3) is 3.66. The Kier molecular flexibility index (Phi) is 6.06. The van der Waals surface area contributed by atoms with Crippen molar-refractivity contribution in [3.8, 4) is 0 Å². The predicted molar refractivity (Wildman–Crippen MR) is 100 cm³/mol. The van der Waals surface area contributed by atoms with Crippen LogP contribution in [0.3, 0.4) is 0 Å². The summed E-state index contributed by atoms with van der Waals surface area (Å²) < 4.78 is 6.19. The minimum Gasteiger partial charge on any atom is -0.422 e. The monoisotopic (exact) mass is 414 g/mol. The number of fused-ring (bicyclic) bond motifs is 1. The molecule has 2 heterocycles. The molecule has 2 aromatic rings. The number of hydrogen-bond acceptors (Lipinski definition) is 4. The second kappa shape index (κ2) is 7.68. The predicted octanol–water partition coefficient (Wildman–Crippen LogP) is 3.16. The molecule has 0 spiro atoms. The third-order valence-corrected chi connectivity index (χ3v) is 4.93. The van der Waals surface area contributed by atoms with Gasteiger partial charge in [0.15, 0.2) is 0 Å². The molecular formula is C17H20BrClN2O3. The quantitative estimate of drug-likeness (QED) is 0.739. The lowest BCUT2D eigenvalue weighted by Gasteiger charge is -2.30. The van der Waals surface area contributed by atoms with Crippen LogP contribution in [-0.4, -0.2) is 24.5 Å². The highest BCUT2D eigenvalue weighted by atomic mass is 79.9. The smallest absolute Gasteiger partial charge is 0.349 e. The average Bonchev–Trinajstić information content (AvgIpc) is 2.50. The number of amides is 1. The molecule has 7 heteroatoms. The molecule has 24 heavy (non-hydrogen) atoms. The van der Waals surface area contributed by atoms with Gasteiger partial charge in [0.25, 0.3) is 5.91 Å². The van der Waals surface area contributed by atoms with Crippen LogP contribution < -0.4 is 16.3 Å². The summed E-state index contributed by atoms with van der Waals surface area (Å²) >= 11 is 3.41. The zero-order valence-electron chi connectivity index (χ0n) is 13.5. The Labute approximate surface area is 154 Å². The molecule has 3 rings (SSSR count). The maximum Gasteiger partial charge on any atom is 0.349 e. The number of piperidine rings is 1. The maximum absolute atomic E-state index is 12.6. The topological polar surface area (TPSA) is 71.3 Å². The van der Waals surface area contributed by atoms with Crippen LogP contribution in [0.15, 0.2) is 31.9 Å². The average molecular weight is 416 g/mol. The van der Waals surface area contributed by atoms with Crippen LogP contribution in [0.2, 0.25) is 0 Å². The van der Waals surface area contributed by atoms with Gasteiger partial charge in [0.1, 0.15) is 11.1 Å². The zero-order chi connectivity index (χ0) is 16.6. The first-order valence-electron chi connectivity index (χ1n) is 7.74. The lowest BCUT2D eigenvalue weighted by molar-refractivity contribution is 0.0915. The molecule has 130 valence electrons. The van der Waals surface area contributed by atoms with E-state index in [1.54, 1.807) is 19.1 Å². The molecule has 1 amide bonds. The van der Waals surface area contributed by atoms with Crippen LogP contribution in [0.4, 0.5) is 0 Å². The molecule has 0 aliphatic carbocycles. The van der Waals surface area contributed by atoms with Crippen LogP contribution in [0.1, 0.15) is 35.7 Å². The molecule has 1 aromatic carbocycles. The number of benzene rings is 1. The van der Waals surface area contributed by atoms with Gasteiger partial charge in [-0.1, -0.05) is 15.9 Å². The molecule has 0 radical (unpaired) electrons. The van der Waals surface area contributed by atoms with Crippen molar-refractivity contribution < 1.29 is 9.21 Å². The van der Waals surface area contributed by atoms with Gasteiger partial charge in [0, 0.05) is 21.9 Å². The minimum absolute atomic E-state index is 0. The standard InChI is InChI=1S/C17H19BrN2O3.ClH/c1-9-12-8-11(18)5-6-14(12)23-17(22)15(9)16(21)20-13-4-3-7-19-10(13)2;/h5-6,8,10,13,19H,3-4,7H2,1-2H3,(H,20,21);1H. The van der Waals surface area contributed by atoms with E-state index in [1.807, 2.05) is 13.0 Å². The Morgan fingerprint density at radius 2 is 2.17 bits per heavy atom. The van der Waals surface area contributed by atoms with Crippen LogP contribution >= 0.6 is 28.3 Å². The summed E-state index contributed by atoms with van der Waals surface area (Å²) in [5.41, 5.74) is 0.631. The van der Waals surface area contributed by atoms with Gasteiger partial charge < -0.3 is 15.1 Å². The third-order valence-electron chi connectivity index (χ3n) is 4.43. The van der Waals surface area contributed by atoms with E-state index in [-0.39, 0.29) is 36.0 Å². The van der Waals surface area contributed by atoms with E-state index < -0.39 is 5.63 Å². The number of halogens is 2. The molecule has 1 aliphatic rings. The van der Waals surface area contributed by atoms with Crippen molar-refractivity contribution in [2.75, 3.05) is 6.54 Å². The van der Waals surface area contributed by atoms with E-state index in [0.717, 1.165) is 29.2 Å². The minimum atomic E-state index is -0.591. The molecule has 5 nitrogen and oxygen atoms in total. The zero-order valence-corrected chi connectivity index (χ0v) is 15.9. The van der Waals surface area contributed by atoms with Crippen LogP contribution in [0.5, 0.6) is 0 Å². The van der Waals surface area contributed by atoms with Gasteiger partial charge in [0.05, 0.1) is 0 Å². The fourth-order valence-corrected chi connectivity index (χ4v) is 3.43. The summed E-state index contributed by atoms with van der Waals surface area (Å²) in [5.74, 6) is -0.362. The van der Waals surface area contributed by atoms with Gasteiger partial charge in [-0.3, -0.25) is 4.79 Å². The van der Waals surface area contributed by atoms with Crippen molar-refractivity contribution in [2.45, 2.75) is 38.8 Å². The fourth-order valence-electron chi connectivity index (χ4n) is 3.07. The van der Waals surface area contributed by atoms with Crippen LogP contribution in [0, 0.1) is 6.92 Å². The molecular weight excluding hydrogens is 396 g/mol. The lowest BCUT2D eigenvalue weighted by Crippen LogP contribution is -2.52. The van der Waals surface area contributed by atoms with E-state index in [1.165, 1.54) is 0 Å². The highest BCUT2D eigenvalue weighted by Crippen LogP contribution is 2.23. The van der Waals surface area contributed by atoms with Crippen molar-refractivity contribution in [1.29, 1.82) is 0 Å². The van der Waals surface area contributed by atoms with Crippen molar-refractivity contribution >= 4 is 45.2 Å². The van der Waals surface area contributed by atoms with E-state index in [4.69, 9.17) is 4.42 Å². The summed E-state index contributed by atoms with van der Waals surface area (Å²) in [6, 6.07) is 5.60. The summed E-state index contributed by atoms with van der Waals surface area (Å²) in [5, 5.41) is 7.07. The first-order valence-corrected chi connectivity index (χ1v) is 8.54. The van der Waals surface area contributed by atoms with Crippen LogP contribution in [0.25, 0.3) is 11.0 Å². The van der Waals surface area contributed by atoms with E-state index in [9.17, 15) is 9.59 Å². The first-order chi connectivity index (χ1) is 11.0. The summed E-state index contributed by atoms with van der Waals surface area (Å²) in [7, 11) is 0. The SMILES string of the molecule is Cc1c(C(=O)NC2CCCNC2C)c(=O)oc2ccc(Br)cc12.Cl.